The van der Waals surface area contributed by atoms with Crippen molar-refractivity contribution in [1.82, 2.24) is 5.32 Å². The summed E-state index contributed by atoms with van der Waals surface area (Å²) < 4.78 is 0. The normalized spacial score (nSPS) is 18.3. The third kappa shape index (κ3) is 4.62. The van der Waals surface area contributed by atoms with E-state index in [1.807, 2.05) is 12.1 Å². The van der Waals surface area contributed by atoms with Gasteiger partial charge >= 0.3 is 0 Å². The summed E-state index contributed by atoms with van der Waals surface area (Å²) in [6.45, 7) is 2.04. The van der Waals surface area contributed by atoms with Crippen LogP contribution >= 0.6 is 11.6 Å². The summed E-state index contributed by atoms with van der Waals surface area (Å²) in [7, 11) is 0. The van der Waals surface area contributed by atoms with Crippen LogP contribution in [0, 0.1) is 5.92 Å². The molecule has 1 aromatic carbocycles. The molecule has 1 fully saturated rings. The second kappa shape index (κ2) is 7.81. The molecule has 1 aromatic rings. The maximum atomic E-state index is 6.15. The molecule has 0 amide bonds. The predicted molar refractivity (Wildman–Crippen MR) is 79.0 cm³/mol. The molecule has 0 saturated heterocycles. The molecule has 0 radical (unpaired) electrons. The summed E-state index contributed by atoms with van der Waals surface area (Å²) in [5.74, 6) is 0.868. The van der Waals surface area contributed by atoms with Crippen molar-refractivity contribution in [1.29, 1.82) is 0 Å². The molecule has 0 unspecified atom stereocenters. The van der Waals surface area contributed by atoms with Gasteiger partial charge in [-0.25, -0.2) is 0 Å². The van der Waals surface area contributed by atoms with Crippen molar-refractivity contribution in [3.05, 3.63) is 34.9 Å². The van der Waals surface area contributed by atoms with Gasteiger partial charge in [-0.2, -0.15) is 0 Å². The molecule has 0 heterocycles. The van der Waals surface area contributed by atoms with Gasteiger partial charge in [0.2, 0.25) is 0 Å². The van der Waals surface area contributed by atoms with Crippen LogP contribution in [-0.4, -0.2) is 6.54 Å². The number of benzene rings is 1. The second-order valence-corrected chi connectivity index (χ2v) is 5.84. The molecule has 2 rings (SSSR count). The molecule has 1 aliphatic carbocycles. The minimum Gasteiger partial charge on any atom is -0.312 e. The standard InChI is InChI=1S/C16H24ClN/c17-16-11-7-6-10-15(16)13-18-12-14-8-4-2-1-3-5-9-14/h6-7,10-11,14,18H,1-5,8-9,12-13H2. The lowest BCUT2D eigenvalue weighted by Crippen LogP contribution is -2.23. The van der Waals surface area contributed by atoms with Gasteiger partial charge in [-0.1, -0.05) is 61.9 Å². The molecule has 1 saturated carbocycles. The highest BCUT2D eigenvalue weighted by molar-refractivity contribution is 6.31. The predicted octanol–water partition coefficient (Wildman–Crippen LogP) is 4.79. The van der Waals surface area contributed by atoms with Crippen molar-refractivity contribution in [2.75, 3.05) is 6.54 Å². The minimum absolute atomic E-state index is 0.868. The van der Waals surface area contributed by atoms with Gasteiger partial charge in [0, 0.05) is 11.6 Å². The Morgan fingerprint density at radius 2 is 1.67 bits per heavy atom. The van der Waals surface area contributed by atoms with E-state index in [2.05, 4.69) is 17.4 Å². The van der Waals surface area contributed by atoms with Crippen LogP contribution in [-0.2, 0) is 6.54 Å². The SMILES string of the molecule is Clc1ccccc1CNCC1CCCCCCC1. The molecule has 1 aliphatic rings. The average molecular weight is 266 g/mol. The van der Waals surface area contributed by atoms with E-state index in [-0.39, 0.29) is 0 Å². The highest BCUT2D eigenvalue weighted by atomic mass is 35.5. The van der Waals surface area contributed by atoms with Crippen molar-refractivity contribution in [2.45, 2.75) is 51.5 Å². The Morgan fingerprint density at radius 1 is 1.00 bits per heavy atom. The van der Waals surface area contributed by atoms with Crippen LogP contribution in [0.5, 0.6) is 0 Å². The van der Waals surface area contributed by atoms with Crippen molar-refractivity contribution < 1.29 is 0 Å². The van der Waals surface area contributed by atoms with Crippen LogP contribution < -0.4 is 5.32 Å². The zero-order chi connectivity index (χ0) is 12.6. The summed E-state index contributed by atoms with van der Waals surface area (Å²) in [4.78, 5) is 0. The fourth-order valence-corrected chi connectivity index (χ4v) is 3.00. The van der Waals surface area contributed by atoms with Crippen LogP contribution in [0.1, 0.15) is 50.5 Å². The highest BCUT2D eigenvalue weighted by Crippen LogP contribution is 2.22. The molecule has 0 bridgehead atoms. The molecule has 2 heteroatoms. The smallest absolute Gasteiger partial charge is 0.0450 e. The Morgan fingerprint density at radius 3 is 2.39 bits per heavy atom. The minimum atomic E-state index is 0.868. The number of halogens is 1. The summed E-state index contributed by atoms with van der Waals surface area (Å²) in [6.07, 6.45) is 9.93. The summed E-state index contributed by atoms with van der Waals surface area (Å²) in [5, 5.41) is 4.45. The summed E-state index contributed by atoms with van der Waals surface area (Å²) in [5.41, 5.74) is 1.21. The van der Waals surface area contributed by atoms with Gasteiger partial charge in [0.25, 0.3) is 0 Å². The van der Waals surface area contributed by atoms with Crippen molar-refractivity contribution in [2.24, 2.45) is 5.92 Å². The Kier molecular flexibility index (Phi) is 6.02. The second-order valence-electron chi connectivity index (χ2n) is 5.43. The lowest BCUT2D eigenvalue weighted by Gasteiger charge is -2.20. The number of rotatable bonds is 4. The van der Waals surface area contributed by atoms with Gasteiger partial charge in [0.1, 0.15) is 0 Å². The fourth-order valence-electron chi connectivity index (χ4n) is 2.80. The Hall–Kier alpha value is -0.530. The molecule has 0 atom stereocenters. The van der Waals surface area contributed by atoms with Crippen LogP contribution in [0.15, 0.2) is 24.3 Å². The monoisotopic (exact) mass is 265 g/mol. The lowest BCUT2D eigenvalue weighted by atomic mass is 9.91. The van der Waals surface area contributed by atoms with E-state index >= 15 is 0 Å². The van der Waals surface area contributed by atoms with E-state index in [1.165, 1.54) is 50.5 Å². The van der Waals surface area contributed by atoms with E-state index in [4.69, 9.17) is 11.6 Å². The molecular weight excluding hydrogens is 242 g/mol. The largest absolute Gasteiger partial charge is 0.312 e. The molecule has 18 heavy (non-hydrogen) atoms. The third-order valence-electron chi connectivity index (χ3n) is 3.93. The average Bonchev–Trinajstić information content (AvgIpc) is 2.34. The molecule has 0 spiro atoms. The maximum Gasteiger partial charge on any atom is 0.0450 e. The van der Waals surface area contributed by atoms with Crippen LogP contribution in [0.4, 0.5) is 0 Å². The Balaban J connectivity index is 1.72. The summed E-state index contributed by atoms with van der Waals surface area (Å²) in [6, 6.07) is 8.11. The van der Waals surface area contributed by atoms with Crippen molar-refractivity contribution in [3.63, 3.8) is 0 Å². The first-order valence-corrected chi connectivity index (χ1v) is 7.68. The van der Waals surface area contributed by atoms with Gasteiger partial charge in [0.05, 0.1) is 0 Å². The topological polar surface area (TPSA) is 12.0 Å². The Labute approximate surface area is 116 Å². The third-order valence-corrected chi connectivity index (χ3v) is 4.30. The van der Waals surface area contributed by atoms with Gasteiger partial charge in [-0.05, 0) is 36.9 Å². The van der Waals surface area contributed by atoms with E-state index < -0.39 is 0 Å². The maximum absolute atomic E-state index is 6.15. The van der Waals surface area contributed by atoms with E-state index in [0.29, 0.717) is 0 Å². The first-order valence-electron chi connectivity index (χ1n) is 7.30. The van der Waals surface area contributed by atoms with Crippen molar-refractivity contribution >= 4 is 11.6 Å². The van der Waals surface area contributed by atoms with Crippen LogP contribution in [0.2, 0.25) is 5.02 Å². The van der Waals surface area contributed by atoms with E-state index in [1.54, 1.807) is 0 Å². The van der Waals surface area contributed by atoms with Gasteiger partial charge in [-0.3, -0.25) is 0 Å². The molecule has 0 aliphatic heterocycles. The summed E-state index contributed by atoms with van der Waals surface area (Å²) >= 11 is 6.15. The first kappa shape index (κ1) is 13.9. The van der Waals surface area contributed by atoms with Gasteiger partial charge < -0.3 is 5.32 Å². The number of nitrogens with one attached hydrogen (secondary N) is 1. The molecule has 1 nitrogen and oxygen atoms in total. The first-order chi connectivity index (χ1) is 8.86. The Bertz CT molecular complexity index is 343. The quantitative estimate of drug-likeness (QED) is 0.825. The fraction of sp³-hybridized carbons (Fsp3) is 0.625. The molecule has 0 aromatic heterocycles. The number of hydrogen-bond donors (Lipinski definition) is 1. The zero-order valence-corrected chi connectivity index (χ0v) is 11.9. The highest BCUT2D eigenvalue weighted by Gasteiger charge is 2.10. The number of hydrogen-bond acceptors (Lipinski definition) is 1. The molecule has 100 valence electrons. The van der Waals surface area contributed by atoms with E-state index in [9.17, 15) is 0 Å². The van der Waals surface area contributed by atoms with Gasteiger partial charge in [-0.15, -0.1) is 0 Å². The molecular formula is C16H24ClN. The van der Waals surface area contributed by atoms with E-state index in [0.717, 1.165) is 24.0 Å². The van der Waals surface area contributed by atoms with Crippen LogP contribution in [0.25, 0.3) is 0 Å². The zero-order valence-electron chi connectivity index (χ0n) is 11.1. The van der Waals surface area contributed by atoms with Crippen LogP contribution in [0.3, 0.4) is 0 Å². The lowest BCUT2D eigenvalue weighted by molar-refractivity contribution is 0.361. The van der Waals surface area contributed by atoms with Gasteiger partial charge in [0.15, 0.2) is 0 Å². The van der Waals surface area contributed by atoms with Crippen molar-refractivity contribution in [3.8, 4) is 0 Å². The molecule has 1 N–H and O–H groups in total.